The van der Waals surface area contributed by atoms with Crippen molar-refractivity contribution >= 4 is 12.0 Å². The molecule has 1 aromatic rings. The normalized spacial score (nSPS) is 30.2. The minimum Gasteiger partial charge on any atom is -0.465 e. The van der Waals surface area contributed by atoms with Crippen LogP contribution in [0.25, 0.3) is 0 Å². The van der Waals surface area contributed by atoms with E-state index in [1.165, 1.54) is 17.0 Å². The van der Waals surface area contributed by atoms with Crippen LogP contribution in [0.1, 0.15) is 37.7 Å². The number of hydrogen-bond acceptors (Lipinski definition) is 3. The highest BCUT2D eigenvalue weighted by Crippen LogP contribution is 2.39. The summed E-state index contributed by atoms with van der Waals surface area (Å²) in [6, 6.07) is 6.20. The molecule has 1 saturated carbocycles. The molecule has 3 fully saturated rings. The van der Waals surface area contributed by atoms with Crippen LogP contribution in [0.4, 0.5) is 9.18 Å². The molecule has 0 aromatic heterocycles. The molecule has 0 radical (unpaired) electrons. The fourth-order valence-corrected chi connectivity index (χ4v) is 5.23. The van der Waals surface area contributed by atoms with Gasteiger partial charge < -0.3 is 10.4 Å². The van der Waals surface area contributed by atoms with Crippen LogP contribution in [0, 0.1) is 17.7 Å². The van der Waals surface area contributed by atoms with Gasteiger partial charge >= 0.3 is 6.09 Å². The summed E-state index contributed by atoms with van der Waals surface area (Å²) in [5, 5.41) is 12.6. The Morgan fingerprint density at radius 3 is 2.64 bits per heavy atom. The highest BCUT2D eigenvalue weighted by molar-refractivity contribution is 5.85. The lowest BCUT2D eigenvalue weighted by Crippen LogP contribution is -2.54. The third-order valence-electron chi connectivity index (χ3n) is 6.63. The molecule has 1 unspecified atom stereocenters. The van der Waals surface area contributed by atoms with Crippen LogP contribution in [0.15, 0.2) is 24.3 Å². The predicted octanol–water partition coefficient (Wildman–Crippen LogP) is 2.68. The molecule has 6 nitrogen and oxygen atoms in total. The summed E-state index contributed by atoms with van der Waals surface area (Å²) in [6.07, 6.45) is 3.37. The number of nitrogens with one attached hydrogen (secondary N) is 1. The maximum atomic E-state index is 13.1. The minimum atomic E-state index is -1.00. The fraction of sp³-hybridized carbons (Fsp3) is 0.619. The van der Waals surface area contributed by atoms with E-state index in [0.717, 1.165) is 50.9 Å². The number of carbonyl (C=O) groups is 2. The van der Waals surface area contributed by atoms with Crippen LogP contribution in [-0.2, 0) is 11.3 Å². The zero-order valence-electron chi connectivity index (χ0n) is 16.0. The number of carboxylic acid groups (broad SMARTS) is 1. The van der Waals surface area contributed by atoms with Gasteiger partial charge in [-0.3, -0.25) is 14.6 Å². The largest absolute Gasteiger partial charge is 0.465 e. The van der Waals surface area contributed by atoms with Crippen molar-refractivity contribution in [2.75, 3.05) is 19.6 Å². The molecule has 0 bridgehead atoms. The molecule has 2 aliphatic heterocycles. The van der Waals surface area contributed by atoms with Crippen LogP contribution in [0.2, 0.25) is 0 Å². The van der Waals surface area contributed by atoms with E-state index >= 15 is 0 Å². The van der Waals surface area contributed by atoms with E-state index in [-0.39, 0.29) is 17.8 Å². The Kier molecular flexibility index (Phi) is 5.53. The standard InChI is InChI=1S/C21H28FN3O3/c22-16-7-4-14(5-8-16)11-24-12-15-6-9-18(17(15)13-24)23-20(26)19-3-1-2-10-25(19)21(27)28/h4-5,7-8,15,17-19H,1-3,6,9-13H2,(H,23,26)(H,27,28)/t15-,17+,18+,19?/m0/s1. The molecule has 4 atom stereocenters. The van der Waals surface area contributed by atoms with Gasteiger partial charge in [-0.15, -0.1) is 0 Å². The van der Waals surface area contributed by atoms with Gasteiger partial charge in [-0.1, -0.05) is 12.1 Å². The predicted molar refractivity (Wildman–Crippen MR) is 102 cm³/mol. The van der Waals surface area contributed by atoms with Crippen molar-refractivity contribution in [1.82, 2.24) is 15.1 Å². The first-order chi connectivity index (χ1) is 13.5. The number of rotatable bonds is 4. The average Bonchev–Trinajstić information content (AvgIpc) is 3.24. The van der Waals surface area contributed by atoms with E-state index in [0.29, 0.717) is 24.8 Å². The lowest BCUT2D eigenvalue weighted by atomic mass is 9.96. The summed E-state index contributed by atoms with van der Waals surface area (Å²) in [7, 11) is 0. The van der Waals surface area contributed by atoms with Crippen LogP contribution < -0.4 is 5.32 Å². The molecule has 0 spiro atoms. The molecule has 2 N–H and O–H groups in total. The van der Waals surface area contributed by atoms with E-state index < -0.39 is 12.1 Å². The number of carbonyl (C=O) groups excluding carboxylic acids is 1. The van der Waals surface area contributed by atoms with Crippen LogP contribution in [-0.4, -0.2) is 58.6 Å². The van der Waals surface area contributed by atoms with Gasteiger partial charge in [-0.25, -0.2) is 9.18 Å². The molecule has 1 aliphatic carbocycles. The molecular formula is C21H28FN3O3. The number of fused-ring (bicyclic) bond motifs is 1. The topological polar surface area (TPSA) is 72.9 Å². The molecule has 3 aliphatic rings. The van der Waals surface area contributed by atoms with Crippen molar-refractivity contribution in [2.45, 2.75) is 50.7 Å². The van der Waals surface area contributed by atoms with Gasteiger partial charge in [0.15, 0.2) is 0 Å². The van der Waals surface area contributed by atoms with E-state index in [9.17, 15) is 19.1 Å². The lowest BCUT2D eigenvalue weighted by Gasteiger charge is -2.33. The van der Waals surface area contributed by atoms with Crippen molar-refractivity contribution in [3.05, 3.63) is 35.6 Å². The van der Waals surface area contributed by atoms with Crippen LogP contribution in [0.5, 0.6) is 0 Å². The van der Waals surface area contributed by atoms with E-state index in [2.05, 4.69) is 10.2 Å². The van der Waals surface area contributed by atoms with Crippen molar-refractivity contribution < 1.29 is 19.1 Å². The number of piperidine rings is 1. The van der Waals surface area contributed by atoms with Crippen molar-refractivity contribution in [1.29, 1.82) is 0 Å². The zero-order chi connectivity index (χ0) is 19.7. The van der Waals surface area contributed by atoms with Crippen molar-refractivity contribution in [2.24, 2.45) is 11.8 Å². The molecular weight excluding hydrogens is 361 g/mol. The Hall–Kier alpha value is -2.15. The van der Waals surface area contributed by atoms with Gasteiger partial charge in [0.05, 0.1) is 0 Å². The van der Waals surface area contributed by atoms with E-state index in [4.69, 9.17) is 0 Å². The summed E-state index contributed by atoms with van der Waals surface area (Å²) < 4.78 is 13.1. The summed E-state index contributed by atoms with van der Waals surface area (Å²) >= 11 is 0. The molecule has 4 rings (SSSR count). The Morgan fingerprint density at radius 1 is 1.11 bits per heavy atom. The number of nitrogens with zero attached hydrogens (tertiary/aromatic N) is 2. The third-order valence-corrected chi connectivity index (χ3v) is 6.63. The molecule has 28 heavy (non-hydrogen) atoms. The lowest BCUT2D eigenvalue weighted by molar-refractivity contribution is -0.127. The zero-order valence-corrected chi connectivity index (χ0v) is 16.0. The van der Waals surface area contributed by atoms with Gasteiger partial charge in [-0.05, 0) is 61.6 Å². The maximum Gasteiger partial charge on any atom is 0.407 e. The molecule has 2 heterocycles. The monoisotopic (exact) mass is 389 g/mol. The molecule has 7 heteroatoms. The minimum absolute atomic E-state index is 0.119. The number of amides is 2. The molecule has 2 saturated heterocycles. The second kappa shape index (κ2) is 8.07. The van der Waals surface area contributed by atoms with Gasteiger partial charge in [-0.2, -0.15) is 0 Å². The Bertz CT molecular complexity index is 726. The Balaban J connectivity index is 1.34. The maximum absolute atomic E-state index is 13.1. The molecule has 2 amide bonds. The smallest absolute Gasteiger partial charge is 0.407 e. The second-order valence-electron chi connectivity index (χ2n) is 8.42. The van der Waals surface area contributed by atoms with Gasteiger partial charge in [0.1, 0.15) is 11.9 Å². The highest BCUT2D eigenvalue weighted by Gasteiger charge is 2.44. The third kappa shape index (κ3) is 3.99. The summed E-state index contributed by atoms with van der Waals surface area (Å²) in [4.78, 5) is 27.9. The summed E-state index contributed by atoms with van der Waals surface area (Å²) in [6.45, 7) is 3.15. The second-order valence-corrected chi connectivity index (χ2v) is 8.42. The Morgan fingerprint density at radius 2 is 1.89 bits per heavy atom. The Labute approximate surface area is 164 Å². The number of halogens is 1. The van der Waals surface area contributed by atoms with Crippen LogP contribution in [0.3, 0.4) is 0 Å². The number of likely N-dealkylation sites (tertiary alicyclic amines) is 2. The molecule has 1 aromatic carbocycles. The number of hydrogen-bond donors (Lipinski definition) is 2. The quantitative estimate of drug-likeness (QED) is 0.831. The first-order valence-corrected chi connectivity index (χ1v) is 10.3. The first kappa shape index (κ1) is 19.2. The number of benzene rings is 1. The average molecular weight is 389 g/mol. The van der Waals surface area contributed by atoms with Crippen molar-refractivity contribution in [3.63, 3.8) is 0 Å². The van der Waals surface area contributed by atoms with Crippen molar-refractivity contribution in [3.8, 4) is 0 Å². The van der Waals surface area contributed by atoms with E-state index in [1.807, 2.05) is 12.1 Å². The first-order valence-electron chi connectivity index (χ1n) is 10.3. The van der Waals surface area contributed by atoms with Gasteiger partial charge in [0, 0.05) is 32.2 Å². The fourth-order valence-electron chi connectivity index (χ4n) is 5.23. The van der Waals surface area contributed by atoms with Crippen LogP contribution >= 0.6 is 0 Å². The van der Waals surface area contributed by atoms with Gasteiger partial charge in [0.25, 0.3) is 0 Å². The summed E-state index contributed by atoms with van der Waals surface area (Å²) in [5.74, 6) is 0.617. The van der Waals surface area contributed by atoms with E-state index in [1.54, 1.807) is 0 Å². The highest BCUT2D eigenvalue weighted by atomic mass is 19.1. The molecule has 152 valence electrons. The van der Waals surface area contributed by atoms with Gasteiger partial charge in [0.2, 0.25) is 5.91 Å². The summed E-state index contributed by atoms with van der Waals surface area (Å²) in [5.41, 5.74) is 1.10. The SMILES string of the molecule is O=C(N[C@@H]1CC[C@H]2CN(Cc3ccc(F)cc3)C[C@H]21)C1CCCCN1C(=O)O.